The van der Waals surface area contributed by atoms with Gasteiger partial charge < -0.3 is 10.1 Å². The van der Waals surface area contributed by atoms with Crippen LogP contribution < -0.4 is 10.1 Å². The summed E-state index contributed by atoms with van der Waals surface area (Å²) in [7, 11) is 0. The number of likely N-dealkylation sites (N-methyl/N-ethyl adjacent to an activating group) is 1. The van der Waals surface area contributed by atoms with E-state index in [-0.39, 0.29) is 11.9 Å². The molecule has 1 aromatic rings. The van der Waals surface area contributed by atoms with Crippen molar-refractivity contribution in [2.45, 2.75) is 45.3 Å². The SMILES string of the molecule is CCNC1CCCC1Oc1ccc(F)cc1C. The zero-order valence-corrected chi connectivity index (χ0v) is 10.5. The van der Waals surface area contributed by atoms with Crippen molar-refractivity contribution in [3.05, 3.63) is 29.6 Å². The van der Waals surface area contributed by atoms with Crippen LogP contribution >= 0.6 is 0 Å². The number of benzene rings is 1. The van der Waals surface area contributed by atoms with Crippen LogP contribution in [0.4, 0.5) is 4.39 Å². The zero-order chi connectivity index (χ0) is 12.3. The van der Waals surface area contributed by atoms with Crippen LogP contribution in [0.5, 0.6) is 5.75 Å². The average molecular weight is 237 g/mol. The van der Waals surface area contributed by atoms with Gasteiger partial charge in [-0.2, -0.15) is 0 Å². The molecule has 0 spiro atoms. The first-order valence-electron chi connectivity index (χ1n) is 6.37. The first-order chi connectivity index (χ1) is 8.20. The van der Waals surface area contributed by atoms with Crippen molar-refractivity contribution in [2.24, 2.45) is 0 Å². The van der Waals surface area contributed by atoms with Crippen LogP contribution in [0.15, 0.2) is 18.2 Å². The maximum atomic E-state index is 13.0. The average Bonchev–Trinajstić information content (AvgIpc) is 2.71. The molecule has 1 aliphatic rings. The van der Waals surface area contributed by atoms with E-state index in [4.69, 9.17) is 4.74 Å². The Morgan fingerprint density at radius 3 is 2.94 bits per heavy atom. The molecule has 1 aliphatic carbocycles. The zero-order valence-electron chi connectivity index (χ0n) is 10.5. The second-order valence-electron chi connectivity index (χ2n) is 4.66. The molecule has 2 atom stereocenters. The molecule has 1 fully saturated rings. The van der Waals surface area contributed by atoms with Crippen molar-refractivity contribution in [3.63, 3.8) is 0 Å². The number of hydrogen-bond acceptors (Lipinski definition) is 2. The van der Waals surface area contributed by atoms with Gasteiger partial charge in [-0.3, -0.25) is 0 Å². The van der Waals surface area contributed by atoms with Gasteiger partial charge in [0.1, 0.15) is 17.7 Å². The van der Waals surface area contributed by atoms with Crippen LogP contribution in [-0.2, 0) is 0 Å². The molecule has 1 aromatic carbocycles. The van der Waals surface area contributed by atoms with Gasteiger partial charge in [-0.15, -0.1) is 0 Å². The summed E-state index contributed by atoms with van der Waals surface area (Å²) in [6.07, 6.45) is 3.66. The summed E-state index contributed by atoms with van der Waals surface area (Å²) in [4.78, 5) is 0. The molecule has 1 saturated carbocycles. The lowest BCUT2D eigenvalue weighted by atomic mass is 10.2. The molecule has 1 N–H and O–H groups in total. The lowest BCUT2D eigenvalue weighted by Crippen LogP contribution is -2.38. The smallest absolute Gasteiger partial charge is 0.123 e. The third kappa shape index (κ3) is 2.97. The van der Waals surface area contributed by atoms with Crippen molar-refractivity contribution >= 4 is 0 Å². The molecule has 17 heavy (non-hydrogen) atoms. The summed E-state index contributed by atoms with van der Waals surface area (Å²) >= 11 is 0. The molecule has 2 rings (SSSR count). The maximum absolute atomic E-state index is 13.0. The van der Waals surface area contributed by atoms with Gasteiger partial charge in [-0.25, -0.2) is 4.39 Å². The molecule has 3 heteroatoms. The van der Waals surface area contributed by atoms with E-state index in [1.54, 1.807) is 6.07 Å². The third-order valence-electron chi connectivity index (χ3n) is 3.33. The summed E-state index contributed by atoms with van der Waals surface area (Å²) in [5.41, 5.74) is 0.868. The van der Waals surface area contributed by atoms with Crippen LogP contribution in [-0.4, -0.2) is 18.7 Å². The number of ether oxygens (including phenoxy) is 1. The first kappa shape index (κ1) is 12.4. The fraction of sp³-hybridized carbons (Fsp3) is 0.571. The second kappa shape index (κ2) is 5.50. The lowest BCUT2D eigenvalue weighted by molar-refractivity contribution is 0.174. The Kier molecular flexibility index (Phi) is 4.00. The Labute approximate surface area is 102 Å². The van der Waals surface area contributed by atoms with Crippen molar-refractivity contribution in [3.8, 4) is 5.75 Å². The van der Waals surface area contributed by atoms with Crippen LogP contribution in [0.2, 0.25) is 0 Å². The number of nitrogens with one attached hydrogen (secondary N) is 1. The Hall–Kier alpha value is -1.09. The molecule has 0 aromatic heterocycles. The highest BCUT2D eigenvalue weighted by Crippen LogP contribution is 2.27. The Bertz CT molecular complexity index is 380. The monoisotopic (exact) mass is 237 g/mol. The van der Waals surface area contributed by atoms with Crippen molar-refractivity contribution in [1.82, 2.24) is 5.32 Å². The van der Waals surface area contributed by atoms with Crippen LogP contribution in [0.3, 0.4) is 0 Å². The standard InChI is InChI=1S/C14H20FNO/c1-3-16-12-5-4-6-14(12)17-13-8-7-11(15)9-10(13)2/h7-9,12,14,16H,3-6H2,1-2H3. The molecule has 0 amide bonds. The van der Waals surface area contributed by atoms with Crippen molar-refractivity contribution in [2.75, 3.05) is 6.54 Å². The van der Waals surface area contributed by atoms with E-state index in [9.17, 15) is 4.39 Å². The fourth-order valence-electron chi connectivity index (χ4n) is 2.47. The molecule has 2 nitrogen and oxygen atoms in total. The van der Waals surface area contributed by atoms with E-state index < -0.39 is 0 Å². The van der Waals surface area contributed by atoms with Crippen molar-refractivity contribution in [1.29, 1.82) is 0 Å². The Morgan fingerprint density at radius 2 is 2.24 bits per heavy atom. The van der Waals surface area contributed by atoms with Gasteiger partial charge in [0.05, 0.1) is 0 Å². The summed E-state index contributed by atoms with van der Waals surface area (Å²) in [5.74, 6) is 0.603. The predicted octanol–water partition coefficient (Wildman–Crippen LogP) is 3.04. The molecule has 0 bridgehead atoms. The molecule has 0 aliphatic heterocycles. The minimum absolute atomic E-state index is 0.204. The van der Waals surface area contributed by atoms with Gasteiger partial charge in [-0.05, 0) is 56.5 Å². The number of rotatable bonds is 4. The summed E-state index contributed by atoms with van der Waals surface area (Å²) in [6, 6.07) is 5.14. The summed E-state index contributed by atoms with van der Waals surface area (Å²) < 4.78 is 19.0. The second-order valence-corrected chi connectivity index (χ2v) is 4.66. The number of hydrogen-bond donors (Lipinski definition) is 1. The van der Waals surface area contributed by atoms with E-state index in [1.165, 1.54) is 25.0 Å². The van der Waals surface area contributed by atoms with Crippen molar-refractivity contribution < 1.29 is 9.13 Å². The van der Waals surface area contributed by atoms with Gasteiger partial charge >= 0.3 is 0 Å². The number of halogens is 1. The van der Waals surface area contributed by atoms with Gasteiger partial charge in [0.2, 0.25) is 0 Å². The van der Waals surface area contributed by atoms with E-state index >= 15 is 0 Å². The largest absolute Gasteiger partial charge is 0.489 e. The van der Waals surface area contributed by atoms with Crippen LogP contribution in [0, 0.1) is 12.7 Å². The van der Waals surface area contributed by atoms with E-state index in [0.29, 0.717) is 6.04 Å². The fourth-order valence-corrected chi connectivity index (χ4v) is 2.47. The highest BCUT2D eigenvalue weighted by molar-refractivity contribution is 5.33. The Balaban J connectivity index is 2.04. The lowest BCUT2D eigenvalue weighted by Gasteiger charge is -2.22. The minimum atomic E-state index is -0.204. The predicted molar refractivity (Wildman–Crippen MR) is 66.9 cm³/mol. The molecule has 0 radical (unpaired) electrons. The third-order valence-corrected chi connectivity index (χ3v) is 3.33. The minimum Gasteiger partial charge on any atom is -0.489 e. The summed E-state index contributed by atoms with van der Waals surface area (Å²) in [5, 5.41) is 3.45. The highest BCUT2D eigenvalue weighted by Gasteiger charge is 2.28. The van der Waals surface area contributed by atoms with E-state index in [0.717, 1.165) is 24.3 Å². The molecule has 0 heterocycles. The summed E-state index contributed by atoms with van der Waals surface area (Å²) in [6.45, 7) is 4.96. The quantitative estimate of drug-likeness (QED) is 0.869. The molecule has 94 valence electrons. The van der Waals surface area contributed by atoms with Gasteiger partial charge in [-0.1, -0.05) is 6.92 Å². The van der Waals surface area contributed by atoms with Gasteiger partial charge in [0.25, 0.3) is 0 Å². The number of aryl methyl sites for hydroxylation is 1. The van der Waals surface area contributed by atoms with Gasteiger partial charge in [0, 0.05) is 6.04 Å². The topological polar surface area (TPSA) is 21.3 Å². The maximum Gasteiger partial charge on any atom is 0.123 e. The molecular formula is C14H20FNO. The van der Waals surface area contributed by atoms with Crippen LogP contribution in [0.1, 0.15) is 31.7 Å². The van der Waals surface area contributed by atoms with E-state index in [1.807, 2.05) is 6.92 Å². The van der Waals surface area contributed by atoms with Crippen LogP contribution in [0.25, 0.3) is 0 Å². The highest BCUT2D eigenvalue weighted by atomic mass is 19.1. The van der Waals surface area contributed by atoms with E-state index in [2.05, 4.69) is 12.2 Å². The molecule has 0 saturated heterocycles. The molecule has 2 unspecified atom stereocenters. The first-order valence-corrected chi connectivity index (χ1v) is 6.37. The Morgan fingerprint density at radius 1 is 1.41 bits per heavy atom. The molecular weight excluding hydrogens is 217 g/mol. The normalized spacial score (nSPS) is 23.9. The van der Waals surface area contributed by atoms with Gasteiger partial charge in [0.15, 0.2) is 0 Å².